The van der Waals surface area contributed by atoms with E-state index in [-0.39, 0.29) is 5.82 Å². The van der Waals surface area contributed by atoms with Crippen molar-refractivity contribution in [2.45, 2.75) is 16.3 Å². The van der Waals surface area contributed by atoms with Crippen LogP contribution < -0.4 is 4.90 Å². The smallest absolute Gasteiger partial charge is 0.123 e. The molecule has 1 aliphatic heterocycles. The normalized spacial score (nSPS) is 12.7. The lowest BCUT2D eigenvalue weighted by atomic mass is 10.1. The lowest BCUT2D eigenvalue weighted by molar-refractivity contribution is 0.625. The van der Waals surface area contributed by atoms with Gasteiger partial charge in [-0.3, -0.25) is 0 Å². The van der Waals surface area contributed by atoms with Crippen molar-refractivity contribution >= 4 is 34.7 Å². The summed E-state index contributed by atoms with van der Waals surface area (Å²) in [5.41, 5.74) is 3.11. The second-order valence-electron chi connectivity index (χ2n) is 5.40. The van der Waals surface area contributed by atoms with Crippen LogP contribution in [-0.2, 0) is 6.54 Å². The molecular weight excluding hydrogens is 329 g/mol. The molecule has 0 unspecified atom stereocenters. The Bertz CT molecular complexity index is 881. The molecule has 0 bridgehead atoms. The maximum Gasteiger partial charge on any atom is 0.123 e. The van der Waals surface area contributed by atoms with Crippen LogP contribution in [0.2, 0.25) is 5.02 Å². The Morgan fingerprint density at radius 1 is 0.870 bits per heavy atom. The number of nitrogens with zero attached hydrogens (tertiary/aromatic N) is 1. The fourth-order valence-corrected chi connectivity index (χ4v) is 4.03. The summed E-state index contributed by atoms with van der Waals surface area (Å²) in [4.78, 5) is 4.55. The molecule has 0 saturated carbocycles. The van der Waals surface area contributed by atoms with E-state index in [0.717, 1.165) is 21.8 Å². The fraction of sp³-hybridized carbons (Fsp3) is 0.0526. The zero-order chi connectivity index (χ0) is 15.8. The van der Waals surface area contributed by atoms with Gasteiger partial charge in [-0.2, -0.15) is 0 Å². The Hall–Kier alpha value is -1.97. The SMILES string of the molecule is Fc1cccc(CN2c3ccccc3Sc3ccc(Cl)cc32)c1. The molecule has 114 valence electrons. The lowest BCUT2D eigenvalue weighted by Gasteiger charge is -2.33. The van der Waals surface area contributed by atoms with E-state index in [9.17, 15) is 4.39 Å². The van der Waals surface area contributed by atoms with Crippen LogP contribution in [0.4, 0.5) is 15.8 Å². The molecule has 0 atom stereocenters. The van der Waals surface area contributed by atoms with Crippen molar-refractivity contribution in [2.24, 2.45) is 0 Å². The van der Waals surface area contributed by atoms with Gasteiger partial charge in [0.2, 0.25) is 0 Å². The van der Waals surface area contributed by atoms with Gasteiger partial charge in [-0.1, -0.05) is 47.6 Å². The molecule has 0 radical (unpaired) electrons. The second-order valence-corrected chi connectivity index (χ2v) is 6.92. The van der Waals surface area contributed by atoms with Crippen molar-refractivity contribution < 1.29 is 4.39 Å². The second kappa shape index (κ2) is 5.91. The highest BCUT2D eigenvalue weighted by atomic mass is 35.5. The molecule has 1 nitrogen and oxygen atoms in total. The van der Waals surface area contributed by atoms with E-state index in [1.165, 1.54) is 11.0 Å². The van der Waals surface area contributed by atoms with Gasteiger partial charge >= 0.3 is 0 Å². The molecule has 0 fully saturated rings. The number of fused-ring (bicyclic) bond motifs is 2. The highest BCUT2D eigenvalue weighted by Gasteiger charge is 2.23. The molecule has 4 rings (SSSR count). The highest BCUT2D eigenvalue weighted by Crippen LogP contribution is 2.49. The quantitative estimate of drug-likeness (QED) is 0.539. The first-order valence-corrected chi connectivity index (χ1v) is 8.48. The van der Waals surface area contributed by atoms with E-state index >= 15 is 0 Å². The van der Waals surface area contributed by atoms with Crippen LogP contribution in [0.5, 0.6) is 0 Å². The average molecular weight is 342 g/mol. The van der Waals surface area contributed by atoms with E-state index in [1.54, 1.807) is 23.9 Å². The predicted molar refractivity (Wildman–Crippen MR) is 94.3 cm³/mol. The number of anilines is 2. The summed E-state index contributed by atoms with van der Waals surface area (Å²) >= 11 is 7.94. The van der Waals surface area contributed by atoms with E-state index in [1.807, 2.05) is 36.4 Å². The van der Waals surface area contributed by atoms with Gasteiger partial charge in [0.05, 0.1) is 11.4 Å². The van der Waals surface area contributed by atoms with E-state index in [4.69, 9.17) is 11.6 Å². The van der Waals surface area contributed by atoms with Crippen LogP contribution in [0, 0.1) is 5.82 Å². The van der Waals surface area contributed by atoms with Gasteiger partial charge in [-0.05, 0) is 48.0 Å². The number of hydrogen-bond donors (Lipinski definition) is 0. The van der Waals surface area contributed by atoms with Crippen molar-refractivity contribution in [3.05, 3.63) is 83.1 Å². The molecule has 0 aromatic heterocycles. The van der Waals surface area contributed by atoms with Crippen molar-refractivity contribution in [3.8, 4) is 0 Å². The Morgan fingerprint density at radius 3 is 2.57 bits per heavy atom. The maximum atomic E-state index is 13.5. The number of para-hydroxylation sites is 1. The molecule has 0 amide bonds. The standard InChI is InChI=1S/C19H13ClFNS/c20-14-8-9-19-17(11-14)22(12-13-4-3-5-15(21)10-13)16-6-1-2-7-18(16)23-19/h1-11H,12H2. The van der Waals surface area contributed by atoms with Crippen molar-refractivity contribution in [3.63, 3.8) is 0 Å². The first-order valence-electron chi connectivity index (χ1n) is 7.29. The molecule has 4 heteroatoms. The van der Waals surface area contributed by atoms with Gasteiger partial charge in [0.15, 0.2) is 0 Å². The number of rotatable bonds is 2. The molecule has 1 aliphatic rings. The van der Waals surface area contributed by atoms with Gasteiger partial charge in [-0.25, -0.2) is 4.39 Å². The lowest BCUT2D eigenvalue weighted by Crippen LogP contribution is -2.20. The minimum atomic E-state index is -0.214. The Labute approximate surface area is 143 Å². The molecule has 23 heavy (non-hydrogen) atoms. The van der Waals surface area contributed by atoms with Gasteiger partial charge < -0.3 is 4.90 Å². The molecular formula is C19H13ClFNS. The summed E-state index contributed by atoms with van der Waals surface area (Å²) in [6.45, 7) is 0.600. The summed E-state index contributed by atoms with van der Waals surface area (Å²) < 4.78 is 13.5. The average Bonchev–Trinajstić information content (AvgIpc) is 2.55. The number of benzene rings is 3. The van der Waals surface area contributed by atoms with E-state index < -0.39 is 0 Å². The largest absolute Gasteiger partial charge is 0.335 e. The van der Waals surface area contributed by atoms with E-state index in [0.29, 0.717) is 11.6 Å². The van der Waals surface area contributed by atoms with Crippen molar-refractivity contribution in [1.29, 1.82) is 0 Å². The summed E-state index contributed by atoms with van der Waals surface area (Å²) in [7, 11) is 0. The van der Waals surface area contributed by atoms with Crippen LogP contribution in [0.15, 0.2) is 76.5 Å². The molecule has 0 aliphatic carbocycles. The number of hydrogen-bond acceptors (Lipinski definition) is 2. The fourth-order valence-electron chi connectivity index (χ4n) is 2.79. The van der Waals surface area contributed by atoms with Crippen LogP contribution in [0.3, 0.4) is 0 Å². The first-order chi connectivity index (χ1) is 11.2. The zero-order valence-corrected chi connectivity index (χ0v) is 13.7. The minimum Gasteiger partial charge on any atom is -0.335 e. The third kappa shape index (κ3) is 2.82. The summed E-state index contributed by atoms with van der Waals surface area (Å²) in [5.74, 6) is -0.214. The topological polar surface area (TPSA) is 3.24 Å². The molecule has 3 aromatic rings. The summed E-state index contributed by atoms with van der Waals surface area (Å²) in [5, 5.41) is 0.702. The molecule has 3 aromatic carbocycles. The van der Waals surface area contributed by atoms with Crippen molar-refractivity contribution in [1.82, 2.24) is 0 Å². The van der Waals surface area contributed by atoms with Gasteiger partial charge in [0, 0.05) is 21.4 Å². The maximum absolute atomic E-state index is 13.5. The molecule has 1 heterocycles. The first kappa shape index (κ1) is 14.6. The minimum absolute atomic E-state index is 0.214. The highest BCUT2D eigenvalue weighted by molar-refractivity contribution is 7.99. The zero-order valence-electron chi connectivity index (χ0n) is 12.2. The van der Waals surface area contributed by atoms with Crippen LogP contribution in [0.25, 0.3) is 0 Å². The van der Waals surface area contributed by atoms with Gasteiger partial charge in [-0.15, -0.1) is 0 Å². The third-order valence-corrected chi connectivity index (χ3v) is 5.18. The Kier molecular flexibility index (Phi) is 3.76. The van der Waals surface area contributed by atoms with Crippen LogP contribution in [0.1, 0.15) is 5.56 Å². The van der Waals surface area contributed by atoms with Crippen molar-refractivity contribution in [2.75, 3.05) is 4.90 Å². The molecule has 0 saturated heterocycles. The van der Waals surface area contributed by atoms with Crippen LogP contribution >= 0.6 is 23.4 Å². The monoisotopic (exact) mass is 341 g/mol. The summed E-state index contributed by atoms with van der Waals surface area (Å²) in [6, 6.07) is 20.9. The third-order valence-electron chi connectivity index (χ3n) is 3.82. The van der Waals surface area contributed by atoms with Crippen LogP contribution in [-0.4, -0.2) is 0 Å². The molecule has 0 N–H and O–H groups in total. The Morgan fingerprint density at radius 2 is 1.70 bits per heavy atom. The Balaban J connectivity index is 1.83. The molecule has 0 spiro atoms. The number of halogens is 2. The summed E-state index contributed by atoms with van der Waals surface area (Å²) in [6.07, 6.45) is 0. The van der Waals surface area contributed by atoms with Gasteiger partial charge in [0.1, 0.15) is 5.82 Å². The van der Waals surface area contributed by atoms with Gasteiger partial charge in [0.25, 0.3) is 0 Å². The van der Waals surface area contributed by atoms with E-state index in [2.05, 4.69) is 17.0 Å². The predicted octanol–water partition coefficient (Wildman–Crippen LogP) is 6.28.